The number of amides is 1. The number of carbonyl (C=O) groups is 1. The van der Waals surface area contributed by atoms with Crippen LogP contribution in [0.25, 0.3) is 0 Å². The molecule has 0 aliphatic rings. The van der Waals surface area contributed by atoms with Crippen molar-refractivity contribution in [2.45, 2.75) is 9.96 Å². The largest absolute Gasteiger partial charge is 0.362 e. The van der Waals surface area contributed by atoms with Gasteiger partial charge >= 0.3 is 0 Å². The molecule has 1 atom stereocenters. The lowest BCUT2D eigenvalue weighted by Gasteiger charge is -2.27. The summed E-state index contributed by atoms with van der Waals surface area (Å²) >= 11 is 25.9. The number of rotatable bonds is 4. The van der Waals surface area contributed by atoms with Gasteiger partial charge in [-0.05, 0) is 65.1 Å². The lowest BCUT2D eigenvalue weighted by molar-refractivity contribution is 0.0942. The van der Waals surface area contributed by atoms with Crippen molar-refractivity contribution < 1.29 is 4.79 Å². The Balaban J connectivity index is 2.16. The van der Waals surface area contributed by atoms with Gasteiger partial charge in [0.15, 0.2) is 0 Å². The van der Waals surface area contributed by atoms with Crippen LogP contribution in [0.3, 0.4) is 0 Å². The van der Waals surface area contributed by atoms with Gasteiger partial charge in [0.25, 0.3) is 5.91 Å². The van der Waals surface area contributed by atoms with Crippen molar-refractivity contribution in [2.75, 3.05) is 5.32 Å². The molecule has 0 aromatic heterocycles. The average Bonchev–Trinajstić information content (AvgIpc) is 2.47. The van der Waals surface area contributed by atoms with Crippen molar-refractivity contribution in [2.24, 2.45) is 0 Å². The van der Waals surface area contributed by atoms with E-state index in [4.69, 9.17) is 46.4 Å². The van der Waals surface area contributed by atoms with Crippen LogP contribution >= 0.6 is 69.0 Å². The van der Waals surface area contributed by atoms with E-state index in [1.165, 1.54) is 0 Å². The minimum Gasteiger partial charge on any atom is -0.362 e. The highest BCUT2D eigenvalue weighted by Gasteiger charge is 2.34. The number of anilines is 1. The highest BCUT2D eigenvalue weighted by atomic mass is 127. The number of carbonyl (C=O) groups excluding carboxylic acids is 1. The maximum atomic E-state index is 12.3. The Morgan fingerprint density at radius 3 is 2.30 bits per heavy atom. The predicted octanol–water partition coefficient (Wildman–Crippen LogP) is 5.48. The topological polar surface area (TPSA) is 41.1 Å². The summed E-state index contributed by atoms with van der Waals surface area (Å²) in [4.78, 5) is 12.3. The quantitative estimate of drug-likeness (QED) is 0.329. The molecule has 0 heterocycles. The normalized spacial score (nSPS) is 12.6. The molecule has 0 saturated heterocycles. The van der Waals surface area contributed by atoms with Crippen molar-refractivity contribution in [1.82, 2.24) is 5.32 Å². The minimum atomic E-state index is -1.74. The number of halogens is 5. The zero-order valence-corrected chi connectivity index (χ0v) is 16.7. The fourth-order valence-corrected chi connectivity index (χ4v) is 2.75. The minimum absolute atomic E-state index is 0.346. The van der Waals surface area contributed by atoms with Gasteiger partial charge in [0.05, 0.1) is 0 Å². The Hall–Kier alpha value is -0.400. The molecule has 8 heteroatoms. The summed E-state index contributed by atoms with van der Waals surface area (Å²) in [6.45, 7) is 0. The summed E-state index contributed by atoms with van der Waals surface area (Å²) in [5, 5.41) is 6.24. The smallest absolute Gasteiger partial charge is 0.253 e. The van der Waals surface area contributed by atoms with Crippen LogP contribution < -0.4 is 10.6 Å². The highest BCUT2D eigenvalue weighted by molar-refractivity contribution is 14.1. The number of hydrogen-bond donors (Lipinski definition) is 2. The third-order valence-corrected chi connectivity index (χ3v) is 4.42. The summed E-state index contributed by atoms with van der Waals surface area (Å²) in [6.07, 6.45) is -0.918. The first kappa shape index (κ1) is 18.9. The molecule has 0 bridgehead atoms. The molecule has 0 radical (unpaired) electrons. The predicted molar refractivity (Wildman–Crippen MR) is 106 cm³/mol. The molecule has 2 aromatic carbocycles. The molecule has 122 valence electrons. The van der Waals surface area contributed by atoms with Crippen molar-refractivity contribution in [3.05, 3.63) is 62.7 Å². The molecule has 2 rings (SSSR count). The summed E-state index contributed by atoms with van der Waals surface area (Å²) in [5.74, 6) is -0.346. The first-order valence-electron chi connectivity index (χ1n) is 6.41. The Bertz CT molecular complexity index is 689. The third kappa shape index (κ3) is 5.87. The zero-order chi connectivity index (χ0) is 17.0. The van der Waals surface area contributed by atoms with Crippen molar-refractivity contribution in [3.63, 3.8) is 0 Å². The van der Waals surface area contributed by atoms with Crippen LogP contribution in [0.2, 0.25) is 5.02 Å². The molecule has 0 aliphatic heterocycles. The molecule has 0 aliphatic carbocycles. The zero-order valence-electron chi connectivity index (χ0n) is 11.5. The first-order valence-corrected chi connectivity index (χ1v) is 9.00. The molecule has 2 N–H and O–H groups in total. The number of nitrogens with one attached hydrogen (secondary N) is 2. The Labute approximate surface area is 167 Å². The van der Waals surface area contributed by atoms with Crippen molar-refractivity contribution in [1.29, 1.82) is 0 Å². The Morgan fingerprint density at radius 2 is 1.74 bits per heavy atom. The third-order valence-electron chi connectivity index (χ3n) is 2.84. The summed E-state index contributed by atoms with van der Waals surface area (Å²) in [5.41, 5.74) is 1.14. The van der Waals surface area contributed by atoms with E-state index in [0.717, 1.165) is 3.57 Å². The molecule has 0 unspecified atom stereocenters. The van der Waals surface area contributed by atoms with E-state index >= 15 is 0 Å². The second-order valence-corrected chi connectivity index (χ2v) is 8.66. The average molecular weight is 504 g/mol. The van der Waals surface area contributed by atoms with Crippen molar-refractivity contribution >= 4 is 80.6 Å². The van der Waals surface area contributed by atoms with Gasteiger partial charge in [-0.1, -0.05) is 52.5 Å². The summed E-state index contributed by atoms with van der Waals surface area (Å²) in [7, 11) is 0. The van der Waals surface area contributed by atoms with Crippen LogP contribution in [0.5, 0.6) is 0 Å². The molecule has 3 nitrogen and oxygen atoms in total. The van der Waals surface area contributed by atoms with Gasteiger partial charge in [0, 0.05) is 19.8 Å². The van der Waals surface area contributed by atoms with Crippen LogP contribution in [0, 0.1) is 3.57 Å². The van der Waals surface area contributed by atoms with Crippen LogP contribution in [0.4, 0.5) is 5.69 Å². The van der Waals surface area contributed by atoms with Crippen LogP contribution in [0.1, 0.15) is 10.4 Å². The number of hydrogen-bond acceptors (Lipinski definition) is 2. The lowest BCUT2D eigenvalue weighted by atomic mass is 10.2. The highest BCUT2D eigenvalue weighted by Crippen LogP contribution is 2.31. The first-order chi connectivity index (χ1) is 10.8. The van der Waals surface area contributed by atoms with Gasteiger partial charge in [0.1, 0.15) is 6.17 Å². The SMILES string of the molecule is O=C(N[C@@H](Nc1ccc(Cl)cc1)C(Cl)(Cl)Cl)c1cccc(I)c1. The maximum absolute atomic E-state index is 12.3. The summed E-state index contributed by atoms with van der Waals surface area (Å²) < 4.78 is -0.802. The summed E-state index contributed by atoms with van der Waals surface area (Å²) in [6, 6.07) is 13.9. The monoisotopic (exact) mass is 502 g/mol. The second kappa shape index (κ2) is 8.12. The molecule has 23 heavy (non-hydrogen) atoms. The van der Waals surface area contributed by atoms with E-state index in [-0.39, 0.29) is 5.91 Å². The molecule has 1 amide bonds. The van der Waals surface area contributed by atoms with Gasteiger partial charge in [0.2, 0.25) is 3.79 Å². The maximum Gasteiger partial charge on any atom is 0.253 e. The van der Waals surface area contributed by atoms with E-state index in [2.05, 4.69) is 33.2 Å². The molecular weight excluding hydrogens is 493 g/mol. The van der Waals surface area contributed by atoms with E-state index in [9.17, 15) is 4.79 Å². The fraction of sp³-hybridized carbons (Fsp3) is 0.133. The van der Waals surface area contributed by atoms with Gasteiger partial charge in [-0.25, -0.2) is 0 Å². The van der Waals surface area contributed by atoms with Gasteiger partial charge in [-0.2, -0.15) is 0 Å². The molecule has 0 spiro atoms. The molecule has 0 fully saturated rings. The standard InChI is InChI=1S/C15H11Cl4IN2O/c16-10-4-6-12(7-5-10)21-14(15(17,18)19)22-13(23)9-2-1-3-11(20)8-9/h1-8,14,21H,(H,22,23)/t14-/m1/s1. The van der Waals surface area contributed by atoms with Gasteiger partial charge in [-0.3, -0.25) is 4.79 Å². The molecule has 0 saturated carbocycles. The van der Waals surface area contributed by atoms with E-state index < -0.39 is 9.96 Å². The van der Waals surface area contributed by atoms with Gasteiger partial charge < -0.3 is 10.6 Å². The van der Waals surface area contributed by atoms with E-state index in [0.29, 0.717) is 16.3 Å². The van der Waals surface area contributed by atoms with Crippen LogP contribution in [-0.4, -0.2) is 15.9 Å². The van der Waals surface area contributed by atoms with Gasteiger partial charge in [-0.15, -0.1) is 0 Å². The molecular formula is C15H11Cl4IN2O. The van der Waals surface area contributed by atoms with E-state index in [1.807, 2.05) is 6.07 Å². The van der Waals surface area contributed by atoms with Crippen molar-refractivity contribution in [3.8, 4) is 0 Å². The number of alkyl halides is 3. The Kier molecular flexibility index (Phi) is 6.68. The molecule has 2 aromatic rings. The fourth-order valence-electron chi connectivity index (χ4n) is 1.76. The second-order valence-electron chi connectivity index (χ2n) is 4.61. The van der Waals surface area contributed by atoms with E-state index in [1.54, 1.807) is 42.5 Å². The number of benzene rings is 2. The van der Waals surface area contributed by atoms with Crippen LogP contribution in [0.15, 0.2) is 48.5 Å². The lowest BCUT2D eigenvalue weighted by Crippen LogP contribution is -2.49. The van der Waals surface area contributed by atoms with Crippen LogP contribution in [-0.2, 0) is 0 Å². The Morgan fingerprint density at radius 1 is 1.09 bits per heavy atom.